The molecule has 166 valence electrons. The van der Waals surface area contributed by atoms with Crippen molar-refractivity contribution in [2.24, 2.45) is 0 Å². The Hall–Kier alpha value is -2.68. The molecule has 0 aromatic carbocycles. The summed E-state index contributed by atoms with van der Waals surface area (Å²) in [5, 5.41) is 6.51. The van der Waals surface area contributed by atoms with Crippen molar-refractivity contribution in [2.75, 3.05) is 19.7 Å². The van der Waals surface area contributed by atoms with Gasteiger partial charge in [-0.05, 0) is 45.4 Å². The van der Waals surface area contributed by atoms with Gasteiger partial charge in [0.05, 0.1) is 13.2 Å². The van der Waals surface area contributed by atoms with Crippen molar-refractivity contribution in [1.82, 2.24) is 21.1 Å². The molecule has 0 saturated carbocycles. The molecule has 0 aromatic rings. The number of amides is 3. The molecule has 2 unspecified atom stereocenters. The van der Waals surface area contributed by atoms with Gasteiger partial charge >= 0.3 is 5.97 Å². The molecule has 3 N–H and O–H groups in total. The van der Waals surface area contributed by atoms with Gasteiger partial charge in [0.2, 0.25) is 11.8 Å². The lowest BCUT2D eigenvalue weighted by Gasteiger charge is -2.34. The summed E-state index contributed by atoms with van der Waals surface area (Å²) in [6.07, 6.45) is 12.5. The topological polar surface area (TPSA) is 117 Å². The Kier molecular flexibility index (Phi) is 10.1. The van der Waals surface area contributed by atoms with E-state index in [0.29, 0.717) is 32.2 Å². The monoisotopic (exact) mass is 420 g/mol. The van der Waals surface area contributed by atoms with E-state index in [0.717, 1.165) is 19.3 Å². The maximum atomic E-state index is 12.6. The summed E-state index contributed by atoms with van der Waals surface area (Å²) in [6, 6.07) is -1.38. The van der Waals surface area contributed by atoms with Gasteiger partial charge in [0.15, 0.2) is 0 Å². The highest BCUT2D eigenvalue weighted by atomic mass is 16.5. The molecular weight excluding hydrogens is 388 g/mol. The molecule has 0 aliphatic carbocycles. The van der Waals surface area contributed by atoms with Gasteiger partial charge in [-0.25, -0.2) is 5.43 Å². The molecule has 2 heterocycles. The molecule has 0 aromatic heterocycles. The van der Waals surface area contributed by atoms with E-state index in [1.54, 1.807) is 6.92 Å². The van der Waals surface area contributed by atoms with Crippen LogP contribution in [0, 0.1) is 0 Å². The lowest BCUT2D eigenvalue weighted by atomic mass is 10.1. The zero-order valence-electron chi connectivity index (χ0n) is 17.5. The lowest BCUT2D eigenvalue weighted by Crippen LogP contribution is -2.59. The summed E-state index contributed by atoms with van der Waals surface area (Å²) in [6.45, 7) is 2.11. The van der Waals surface area contributed by atoms with E-state index in [-0.39, 0.29) is 25.0 Å². The van der Waals surface area contributed by atoms with Crippen LogP contribution < -0.4 is 16.1 Å². The Morgan fingerprint density at radius 1 is 1.00 bits per heavy atom. The summed E-state index contributed by atoms with van der Waals surface area (Å²) in [7, 11) is 0. The van der Waals surface area contributed by atoms with E-state index >= 15 is 0 Å². The molecule has 2 bridgehead atoms. The number of ether oxygens (including phenoxy) is 1. The molecule has 0 spiro atoms. The molecule has 0 radical (unpaired) electrons. The molecule has 2 aliphatic rings. The van der Waals surface area contributed by atoms with E-state index < -0.39 is 24.0 Å². The van der Waals surface area contributed by atoms with E-state index in [9.17, 15) is 19.2 Å². The van der Waals surface area contributed by atoms with E-state index in [4.69, 9.17) is 4.74 Å². The first kappa shape index (κ1) is 23.6. The third kappa shape index (κ3) is 8.36. The fourth-order valence-electron chi connectivity index (χ4n) is 3.20. The average Bonchev–Trinajstić information content (AvgIpc) is 2.74. The van der Waals surface area contributed by atoms with Crippen LogP contribution in [0.1, 0.15) is 51.9 Å². The summed E-state index contributed by atoms with van der Waals surface area (Å²) in [5.41, 5.74) is 2.90. The van der Waals surface area contributed by atoms with Crippen LogP contribution in [-0.2, 0) is 23.9 Å². The van der Waals surface area contributed by atoms with E-state index in [1.165, 1.54) is 5.01 Å². The number of fused-ring (bicyclic) bond motifs is 2. The molecular formula is C21H32N4O5. The maximum Gasteiger partial charge on any atom is 0.324 e. The predicted molar refractivity (Wildman–Crippen MR) is 111 cm³/mol. The third-order valence-electron chi connectivity index (χ3n) is 4.87. The standard InChI is InChI=1S/C21H32N4O5/c1-16-20(28)25-13-10-11-17(24-25)21(29)30-14-9-7-5-3-2-4-6-8-12-18(26)22-15-19(27)23-16/h2-3,5,7,16-17,24H,4,6,8-15H2,1H3,(H,22,26)(H,23,27)/b3-2-,7-5?. The highest BCUT2D eigenvalue weighted by molar-refractivity contribution is 5.90. The minimum absolute atomic E-state index is 0.177. The summed E-state index contributed by atoms with van der Waals surface area (Å²) < 4.78 is 5.30. The first-order valence-corrected chi connectivity index (χ1v) is 10.6. The molecule has 2 aliphatic heterocycles. The van der Waals surface area contributed by atoms with Crippen LogP contribution in [0.5, 0.6) is 0 Å². The first-order chi connectivity index (χ1) is 14.5. The number of hydrogen-bond donors (Lipinski definition) is 3. The third-order valence-corrected chi connectivity index (χ3v) is 4.87. The molecule has 9 nitrogen and oxygen atoms in total. The Bertz CT molecular complexity index is 676. The maximum absolute atomic E-state index is 12.6. The number of nitrogens with zero attached hydrogens (tertiary/aromatic N) is 1. The van der Waals surface area contributed by atoms with Gasteiger partial charge in [0.1, 0.15) is 12.1 Å². The molecule has 30 heavy (non-hydrogen) atoms. The van der Waals surface area contributed by atoms with Crippen molar-refractivity contribution in [3.8, 4) is 0 Å². The summed E-state index contributed by atoms with van der Waals surface area (Å²) in [5.74, 6) is -1.36. The van der Waals surface area contributed by atoms with Crippen LogP contribution in [-0.4, -0.2) is 60.5 Å². The number of hydrogen-bond acceptors (Lipinski definition) is 6. The number of hydrazine groups is 1. The Balaban J connectivity index is 1.97. The average molecular weight is 421 g/mol. The summed E-state index contributed by atoms with van der Waals surface area (Å²) >= 11 is 0. The highest BCUT2D eigenvalue weighted by Gasteiger charge is 2.31. The smallest absolute Gasteiger partial charge is 0.324 e. The second kappa shape index (κ2) is 12.8. The minimum atomic E-state index is -0.786. The van der Waals surface area contributed by atoms with E-state index in [2.05, 4.69) is 16.1 Å². The number of allylic oxidation sites excluding steroid dienone is 3. The van der Waals surface area contributed by atoms with Crippen LogP contribution in [0.3, 0.4) is 0 Å². The lowest BCUT2D eigenvalue weighted by molar-refractivity contribution is -0.152. The van der Waals surface area contributed by atoms with Crippen LogP contribution in [0.15, 0.2) is 24.3 Å². The fraction of sp³-hybridized carbons (Fsp3) is 0.619. The van der Waals surface area contributed by atoms with Crippen LogP contribution in [0.4, 0.5) is 0 Å². The number of nitrogens with one attached hydrogen (secondary N) is 3. The van der Waals surface area contributed by atoms with Gasteiger partial charge in [0.25, 0.3) is 5.91 Å². The second-order valence-electron chi connectivity index (χ2n) is 7.44. The zero-order chi connectivity index (χ0) is 21.8. The molecule has 3 amide bonds. The van der Waals surface area contributed by atoms with Crippen molar-refractivity contribution >= 4 is 23.7 Å². The van der Waals surface area contributed by atoms with Crippen molar-refractivity contribution in [3.63, 3.8) is 0 Å². The van der Waals surface area contributed by atoms with Gasteiger partial charge < -0.3 is 15.4 Å². The first-order valence-electron chi connectivity index (χ1n) is 10.6. The van der Waals surface area contributed by atoms with Crippen LogP contribution in [0.2, 0.25) is 0 Å². The fourth-order valence-corrected chi connectivity index (χ4v) is 3.20. The number of esters is 1. The molecule has 1 saturated heterocycles. The number of carbonyl (C=O) groups excluding carboxylic acids is 4. The Morgan fingerprint density at radius 3 is 2.57 bits per heavy atom. The predicted octanol–water partition coefficient (Wildman–Crippen LogP) is 0.723. The normalized spacial score (nSPS) is 27.2. The molecule has 1 fully saturated rings. The van der Waals surface area contributed by atoms with Gasteiger partial charge in [-0.2, -0.15) is 0 Å². The van der Waals surface area contributed by atoms with Crippen molar-refractivity contribution in [3.05, 3.63) is 24.3 Å². The van der Waals surface area contributed by atoms with Crippen molar-refractivity contribution < 1.29 is 23.9 Å². The van der Waals surface area contributed by atoms with Gasteiger partial charge in [-0.15, -0.1) is 0 Å². The highest BCUT2D eigenvalue weighted by Crippen LogP contribution is 2.10. The largest absolute Gasteiger partial charge is 0.464 e. The van der Waals surface area contributed by atoms with Gasteiger partial charge in [-0.1, -0.05) is 24.3 Å². The SMILES string of the molecule is CC1NC(=O)CNC(=O)CCCC/C=C\C=CCCOC(=O)C2CCCN(N2)C1=O. The summed E-state index contributed by atoms with van der Waals surface area (Å²) in [4.78, 5) is 48.8. The van der Waals surface area contributed by atoms with Crippen molar-refractivity contribution in [2.45, 2.75) is 64.0 Å². The number of cyclic esters (lactones) is 1. The molecule has 9 heteroatoms. The Morgan fingerprint density at radius 2 is 1.77 bits per heavy atom. The number of rotatable bonds is 0. The van der Waals surface area contributed by atoms with Gasteiger partial charge in [-0.3, -0.25) is 24.2 Å². The van der Waals surface area contributed by atoms with Crippen molar-refractivity contribution in [1.29, 1.82) is 0 Å². The van der Waals surface area contributed by atoms with E-state index in [1.807, 2.05) is 24.3 Å². The molecule has 2 rings (SSSR count). The van der Waals surface area contributed by atoms with Crippen LogP contribution >= 0.6 is 0 Å². The number of carbonyl (C=O) groups is 4. The zero-order valence-corrected chi connectivity index (χ0v) is 17.5. The molecule has 2 atom stereocenters. The quantitative estimate of drug-likeness (QED) is 0.497. The minimum Gasteiger partial charge on any atom is -0.464 e. The van der Waals surface area contributed by atoms with Crippen LogP contribution in [0.25, 0.3) is 0 Å². The Labute approximate surface area is 177 Å². The second-order valence-corrected chi connectivity index (χ2v) is 7.44. The van der Waals surface area contributed by atoms with Gasteiger partial charge in [0, 0.05) is 13.0 Å².